The van der Waals surface area contributed by atoms with Gasteiger partial charge in [-0.2, -0.15) is 11.8 Å². The van der Waals surface area contributed by atoms with Crippen molar-refractivity contribution in [1.29, 1.82) is 0 Å². The summed E-state index contributed by atoms with van der Waals surface area (Å²) in [6, 6.07) is 0. The van der Waals surface area contributed by atoms with E-state index in [0.29, 0.717) is 0 Å². The summed E-state index contributed by atoms with van der Waals surface area (Å²) in [6.45, 7) is 8.21. The highest BCUT2D eigenvalue weighted by molar-refractivity contribution is 7.99. The minimum atomic E-state index is -0.183. The highest BCUT2D eigenvalue weighted by atomic mass is 35.5. The number of thioether (sulfide) groups is 1. The maximum Gasteiger partial charge on any atom is 0.0757 e. The smallest absolute Gasteiger partial charge is 0.0757 e. The Morgan fingerprint density at radius 2 is 1.65 bits per heavy atom. The Hall–Kier alpha value is 0.810. The molecule has 108 valence electrons. The Kier molecular flexibility index (Phi) is 20.1. The van der Waals surface area contributed by atoms with Gasteiger partial charge >= 0.3 is 0 Å². The van der Waals surface area contributed by atoms with Crippen molar-refractivity contribution < 1.29 is 5.11 Å². The first-order valence-corrected chi connectivity index (χ1v) is 6.88. The quantitative estimate of drug-likeness (QED) is 0.658. The summed E-state index contributed by atoms with van der Waals surface area (Å²) in [5, 5.41) is 9.77. The third kappa shape index (κ3) is 14.8. The van der Waals surface area contributed by atoms with Crippen LogP contribution in [0.2, 0.25) is 0 Å². The molecule has 0 saturated heterocycles. The molecule has 0 spiro atoms. The second-order valence-corrected chi connectivity index (χ2v) is 5.17. The van der Waals surface area contributed by atoms with Crippen LogP contribution in [0.4, 0.5) is 0 Å². The Labute approximate surface area is 123 Å². The molecular weight excluding hydrogens is 279 g/mol. The summed E-state index contributed by atoms with van der Waals surface area (Å²) < 4.78 is 0. The summed E-state index contributed by atoms with van der Waals surface area (Å²) in [5.41, 5.74) is 0. The first kappa shape index (κ1) is 22.9. The number of likely N-dealkylation sites (N-methyl/N-ethyl adjacent to an activating group) is 1. The van der Waals surface area contributed by atoms with Crippen LogP contribution in [0.5, 0.6) is 0 Å². The van der Waals surface area contributed by atoms with Crippen LogP contribution in [0.25, 0.3) is 0 Å². The normalized spacial score (nSPS) is 12.2. The van der Waals surface area contributed by atoms with Gasteiger partial charge in [-0.25, -0.2) is 0 Å². The molecule has 0 fully saturated rings. The van der Waals surface area contributed by atoms with Crippen LogP contribution in [0.1, 0.15) is 13.8 Å². The van der Waals surface area contributed by atoms with Crippen molar-refractivity contribution >= 4 is 36.6 Å². The van der Waals surface area contributed by atoms with Gasteiger partial charge in [0.25, 0.3) is 0 Å². The molecule has 0 aromatic heterocycles. The summed E-state index contributed by atoms with van der Waals surface area (Å²) in [7, 11) is 4.15. The van der Waals surface area contributed by atoms with Crippen molar-refractivity contribution in [2.75, 3.05) is 51.8 Å². The van der Waals surface area contributed by atoms with Crippen molar-refractivity contribution in [3.63, 3.8) is 0 Å². The molecule has 0 aliphatic rings. The number of aliphatic hydroxyl groups is 1. The third-order valence-corrected chi connectivity index (χ3v) is 3.45. The first-order chi connectivity index (χ1) is 7.10. The molecule has 0 radical (unpaired) electrons. The minimum Gasteiger partial charge on any atom is -0.391 e. The maximum absolute atomic E-state index is 9.77. The highest BCUT2D eigenvalue weighted by Crippen LogP contribution is 2.04. The number of rotatable bonds is 9. The largest absolute Gasteiger partial charge is 0.391 e. The molecule has 6 heteroatoms. The van der Waals surface area contributed by atoms with E-state index in [4.69, 9.17) is 0 Å². The summed E-state index contributed by atoms with van der Waals surface area (Å²) >= 11 is 1.83. The molecule has 0 amide bonds. The molecule has 1 atom stereocenters. The van der Waals surface area contributed by atoms with Crippen LogP contribution in [0.3, 0.4) is 0 Å². The summed E-state index contributed by atoms with van der Waals surface area (Å²) in [4.78, 5) is 4.43. The molecule has 17 heavy (non-hydrogen) atoms. The standard InChI is InChI=1S/C11H26N2OS.2ClH/c1-5-13(6-2)9-11(14)10-15-8-7-12(3)4;;/h11,14H,5-10H2,1-4H3;2*1H. The monoisotopic (exact) mass is 306 g/mol. The fourth-order valence-electron chi connectivity index (χ4n) is 1.30. The maximum atomic E-state index is 9.77. The van der Waals surface area contributed by atoms with Gasteiger partial charge in [0.15, 0.2) is 0 Å². The second-order valence-electron chi connectivity index (χ2n) is 4.02. The zero-order valence-electron chi connectivity index (χ0n) is 11.4. The molecule has 0 saturated carbocycles. The lowest BCUT2D eigenvalue weighted by Crippen LogP contribution is -2.33. The summed E-state index contributed by atoms with van der Waals surface area (Å²) in [6.07, 6.45) is -0.183. The van der Waals surface area contributed by atoms with E-state index in [-0.39, 0.29) is 30.9 Å². The first-order valence-electron chi connectivity index (χ1n) is 5.73. The van der Waals surface area contributed by atoms with Crippen LogP contribution in [0, 0.1) is 0 Å². The molecule has 0 aromatic rings. The summed E-state index contributed by atoms with van der Waals surface area (Å²) in [5.74, 6) is 1.95. The van der Waals surface area contributed by atoms with Gasteiger partial charge in [-0.05, 0) is 27.2 Å². The Bertz CT molecular complexity index is 149. The number of halogens is 2. The fraction of sp³-hybridized carbons (Fsp3) is 1.00. The van der Waals surface area contributed by atoms with Gasteiger partial charge in [-0.1, -0.05) is 13.8 Å². The van der Waals surface area contributed by atoms with E-state index in [9.17, 15) is 5.11 Å². The molecule has 0 aliphatic heterocycles. The lowest BCUT2D eigenvalue weighted by atomic mass is 10.3. The van der Waals surface area contributed by atoms with Gasteiger partial charge in [0, 0.05) is 24.6 Å². The molecule has 0 aromatic carbocycles. The van der Waals surface area contributed by atoms with E-state index in [0.717, 1.165) is 37.7 Å². The van der Waals surface area contributed by atoms with Gasteiger partial charge in [-0.3, -0.25) is 0 Å². The molecule has 0 bridgehead atoms. The van der Waals surface area contributed by atoms with E-state index in [1.165, 1.54) is 0 Å². The van der Waals surface area contributed by atoms with Gasteiger partial charge in [0.1, 0.15) is 0 Å². The van der Waals surface area contributed by atoms with E-state index in [1.54, 1.807) is 0 Å². The van der Waals surface area contributed by atoms with Crippen molar-refractivity contribution in [3.8, 4) is 0 Å². The molecule has 1 unspecified atom stereocenters. The zero-order valence-corrected chi connectivity index (χ0v) is 13.8. The predicted molar refractivity (Wildman–Crippen MR) is 84.2 cm³/mol. The van der Waals surface area contributed by atoms with E-state index < -0.39 is 0 Å². The topological polar surface area (TPSA) is 26.7 Å². The lowest BCUT2D eigenvalue weighted by Gasteiger charge is -2.21. The van der Waals surface area contributed by atoms with E-state index in [2.05, 4.69) is 37.7 Å². The van der Waals surface area contributed by atoms with Gasteiger partial charge in [0.2, 0.25) is 0 Å². The van der Waals surface area contributed by atoms with Crippen molar-refractivity contribution in [2.45, 2.75) is 20.0 Å². The molecule has 0 aliphatic carbocycles. The van der Waals surface area contributed by atoms with Crippen LogP contribution < -0.4 is 0 Å². The van der Waals surface area contributed by atoms with Crippen LogP contribution in [-0.4, -0.2) is 72.8 Å². The Morgan fingerprint density at radius 1 is 1.12 bits per heavy atom. The molecule has 3 nitrogen and oxygen atoms in total. The average molecular weight is 307 g/mol. The Morgan fingerprint density at radius 3 is 2.06 bits per heavy atom. The zero-order chi connectivity index (χ0) is 11.7. The average Bonchev–Trinajstić information content (AvgIpc) is 2.20. The van der Waals surface area contributed by atoms with Crippen molar-refractivity contribution in [3.05, 3.63) is 0 Å². The van der Waals surface area contributed by atoms with Gasteiger partial charge in [0.05, 0.1) is 6.10 Å². The lowest BCUT2D eigenvalue weighted by molar-refractivity contribution is 0.137. The molecule has 0 heterocycles. The van der Waals surface area contributed by atoms with Crippen molar-refractivity contribution in [1.82, 2.24) is 9.80 Å². The van der Waals surface area contributed by atoms with Crippen LogP contribution >= 0.6 is 36.6 Å². The highest BCUT2D eigenvalue weighted by Gasteiger charge is 2.08. The SMILES string of the molecule is CCN(CC)CC(O)CSCCN(C)C.Cl.Cl. The number of hydrogen-bond acceptors (Lipinski definition) is 4. The van der Waals surface area contributed by atoms with Crippen LogP contribution in [-0.2, 0) is 0 Å². The Balaban J connectivity index is -0.000000980. The number of hydrogen-bond donors (Lipinski definition) is 1. The predicted octanol–water partition coefficient (Wildman–Crippen LogP) is 1.83. The number of nitrogens with zero attached hydrogens (tertiary/aromatic N) is 2. The second kappa shape index (κ2) is 14.9. The van der Waals surface area contributed by atoms with E-state index >= 15 is 0 Å². The fourth-order valence-corrected chi connectivity index (χ4v) is 2.34. The molecule has 0 rings (SSSR count). The molecular formula is C11H28Cl2N2OS. The van der Waals surface area contributed by atoms with Crippen molar-refractivity contribution in [2.24, 2.45) is 0 Å². The van der Waals surface area contributed by atoms with Crippen LogP contribution in [0.15, 0.2) is 0 Å². The van der Waals surface area contributed by atoms with Gasteiger partial charge in [-0.15, -0.1) is 24.8 Å². The number of aliphatic hydroxyl groups excluding tert-OH is 1. The third-order valence-electron chi connectivity index (χ3n) is 2.36. The molecule has 1 N–H and O–H groups in total. The van der Waals surface area contributed by atoms with E-state index in [1.807, 2.05) is 11.8 Å². The minimum absolute atomic E-state index is 0. The van der Waals surface area contributed by atoms with Gasteiger partial charge < -0.3 is 14.9 Å².